The number of anilines is 2. The Morgan fingerprint density at radius 2 is 2.00 bits per heavy atom. The number of fused-ring (bicyclic) bond motifs is 1. The first kappa shape index (κ1) is 13.8. The molecule has 0 fully saturated rings. The van der Waals surface area contributed by atoms with E-state index in [4.69, 9.17) is 5.84 Å². The molecule has 1 heterocycles. The van der Waals surface area contributed by atoms with Crippen molar-refractivity contribution < 1.29 is 0 Å². The Balaban J connectivity index is 1.70. The van der Waals surface area contributed by atoms with E-state index in [0.717, 1.165) is 24.6 Å². The second-order valence-corrected chi connectivity index (χ2v) is 5.78. The molecule has 5 heteroatoms. The van der Waals surface area contributed by atoms with Crippen molar-refractivity contribution in [1.82, 2.24) is 9.97 Å². The van der Waals surface area contributed by atoms with Gasteiger partial charge in [-0.2, -0.15) is 0 Å². The number of hydrazine groups is 1. The average Bonchev–Trinajstić information content (AvgIpc) is 2.47. The number of aromatic nitrogens is 2. The molecule has 0 radical (unpaired) electrons. The van der Waals surface area contributed by atoms with Gasteiger partial charge in [-0.3, -0.25) is 0 Å². The molecule has 0 saturated carbocycles. The predicted octanol–water partition coefficient (Wildman–Crippen LogP) is 2.64. The monoisotopic (exact) mass is 283 g/mol. The minimum atomic E-state index is 0.267. The standard InChI is InChI=1S/C16H21N5/c1-10(2)16-19-14(8-15(20-16)21-17)18-9-12-7-11-5-3-4-6-13(11)12/h3-6,8,10,12H,7,9,17H2,1-2H3,(H2,18,19,20,21). The third kappa shape index (κ3) is 2.83. The first-order valence-electron chi connectivity index (χ1n) is 7.34. The van der Waals surface area contributed by atoms with Crippen LogP contribution in [0.1, 0.15) is 42.6 Å². The van der Waals surface area contributed by atoms with Gasteiger partial charge in [0.1, 0.15) is 17.5 Å². The molecule has 1 unspecified atom stereocenters. The molecule has 110 valence electrons. The number of nitrogens with one attached hydrogen (secondary N) is 2. The van der Waals surface area contributed by atoms with E-state index in [9.17, 15) is 0 Å². The molecule has 1 atom stereocenters. The quantitative estimate of drug-likeness (QED) is 0.581. The van der Waals surface area contributed by atoms with Crippen molar-refractivity contribution >= 4 is 11.6 Å². The third-order valence-corrected chi connectivity index (χ3v) is 3.90. The van der Waals surface area contributed by atoms with Gasteiger partial charge >= 0.3 is 0 Å². The van der Waals surface area contributed by atoms with Gasteiger partial charge in [0.25, 0.3) is 0 Å². The predicted molar refractivity (Wildman–Crippen MR) is 85.3 cm³/mol. The summed E-state index contributed by atoms with van der Waals surface area (Å²) < 4.78 is 0. The number of benzene rings is 1. The molecule has 2 aromatic rings. The Morgan fingerprint density at radius 1 is 1.24 bits per heavy atom. The number of nitrogens with two attached hydrogens (primary N) is 1. The first-order valence-corrected chi connectivity index (χ1v) is 7.34. The van der Waals surface area contributed by atoms with Crippen molar-refractivity contribution in [3.8, 4) is 0 Å². The van der Waals surface area contributed by atoms with E-state index in [-0.39, 0.29) is 5.92 Å². The Labute approximate surface area is 125 Å². The Kier molecular flexibility index (Phi) is 3.75. The molecule has 3 rings (SSSR count). The maximum atomic E-state index is 5.48. The summed E-state index contributed by atoms with van der Waals surface area (Å²) in [7, 11) is 0. The topological polar surface area (TPSA) is 75.9 Å². The number of nitrogen functional groups attached to an aromatic ring is 1. The lowest BCUT2D eigenvalue weighted by Gasteiger charge is -2.30. The van der Waals surface area contributed by atoms with E-state index in [1.165, 1.54) is 11.1 Å². The zero-order valence-corrected chi connectivity index (χ0v) is 12.4. The third-order valence-electron chi connectivity index (χ3n) is 3.90. The second kappa shape index (κ2) is 5.69. The van der Waals surface area contributed by atoms with Crippen molar-refractivity contribution in [2.45, 2.75) is 32.1 Å². The van der Waals surface area contributed by atoms with Crippen molar-refractivity contribution in [3.63, 3.8) is 0 Å². The van der Waals surface area contributed by atoms with E-state index in [0.29, 0.717) is 11.7 Å². The Bertz CT molecular complexity index is 638. The smallest absolute Gasteiger partial charge is 0.145 e. The maximum absolute atomic E-state index is 5.48. The molecule has 1 aliphatic carbocycles. The summed E-state index contributed by atoms with van der Waals surface area (Å²) in [5, 5.41) is 3.41. The SMILES string of the molecule is CC(C)c1nc(NN)cc(NCC2Cc3ccccc32)n1. The maximum Gasteiger partial charge on any atom is 0.145 e. The summed E-state index contributed by atoms with van der Waals surface area (Å²) in [6, 6.07) is 10.4. The van der Waals surface area contributed by atoms with Crippen LogP contribution in [-0.2, 0) is 6.42 Å². The lowest BCUT2D eigenvalue weighted by molar-refractivity contribution is 0.633. The highest BCUT2D eigenvalue weighted by Crippen LogP contribution is 2.34. The van der Waals surface area contributed by atoms with Crippen molar-refractivity contribution in [2.75, 3.05) is 17.3 Å². The molecule has 1 aliphatic rings. The van der Waals surface area contributed by atoms with Crippen molar-refractivity contribution in [2.24, 2.45) is 5.84 Å². The van der Waals surface area contributed by atoms with Gasteiger partial charge < -0.3 is 10.7 Å². The number of nitrogens with zero attached hydrogens (tertiary/aromatic N) is 2. The molecule has 0 aliphatic heterocycles. The first-order chi connectivity index (χ1) is 10.2. The molecule has 0 bridgehead atoms. The number of hydrogen-bond acceptors (Lipinski definition) is 5. The summed E-state index contributed by atoms with van der Waals surface area (Å²) in [6.45, 7) is 5.03. The summed E-state index contributed by atoms with van der Waals surface area (Å²) in [5.41, 5.74) is 5.51. The zero-order chi connectivity index (χ0) is 14.8. The van der Waals surface area contributed by atoms with Crippen molar-refractivity contribution in [3.05, 3.63) is 47.3 Å². The van der Waals surface area contributed by atoms with Crippen molar-refractivity contribution in [1.29, 1.82) is 0 Å². The largest absolute Gasteiger partial charge is 0.369 e. The van der Waals surface area contributed by atoms with Crippen LogP contribution in [0.4, 0.5) is 11.6 Å². The highest BCUT2D eigenvalue weighted by molar-refractivity contribution is 5.48. The van der Waals surface area contributed by atoms with Crippen LogP contribution in [0.3, 0.4) is 0 Å². The molecular weight excluding hydrogens is 262 g/mol. The summed E-state index contributed by atoms with van der Waals surface area (Å²) in [5.74, 6) is 8.57. The molecule has 0 spiro atoms. The van der Waals surface area contributed by atoms with Crippen LogP contribution in [-0.4, -0.2) is 16.5 Å². The Hall–Kier alpha value is -2.14. The summed E-state index contributed by atoms with van der Waals surface area (Å²) in [6.07, 6.45) is 1.13. The number of hydrogen-bond donors (Lipinski definition) is 3. The van der Waals surface area contributed by atoms with Crippen LogP contribution in [0, 0.1) is 0 Å². The van der Waals surface area contributed by atoms with E-state index in [1.54, 1.807) is 0 Å². The lowest BCUT2D eigenvalue weighted by atomic mass is 9.77. The number of rotatable bonds is 5. The minimum Gasteiger partial charge on any atom is -0.369 e. The van der Waals surface area contributed by atoms with E-state index >= 15 is 0 Å². The van der Waals surface area contributed by atoms with E-state index < -0.39 is 0 Å². The van der Waals surface area contributed by atoms with E-state index in [2.05, 4.69) is 58.8 Å². The summed E-state index contributed by atoms with van der Waals surface area (Å²) in [4.78, 5) is 8.91. The molecule has 4 N–H and O–H groups in total. The molecule has 1 aromatic carbocycles. The van der Waals surface area contributed by atoms with E-state index in [1.807, 2.05) is 6.07 Å². The lowest BCUT2D eigenvalue weighted by Crippen LogP contribution is -2.24. The molecule has 1 aromatic heterocycles. The highest BCUT2D eigenvalue weighted by Gasteiger charge is 2.25. The van der Waals surface area contributed by atoms with Gasteiger partial charge in [-0.05, 0) is 17.5 Å². The van der Waals surface area contributed by atoms with Crippen LogP contribution >= 0.6 is 0 Å². The van der Waals surface area contributed by atoms with Gasteiger partial charge in [-0.25, -0.2) is 15.8 Å². The second-order valence-electron chi connectivity index (χ2n) is 5.78. The highest BCUT2D eigenvalue weighted by atomic mass is 15.3. The van der Waals surface area contributed by atoms with Crippen LogP contribution in [0.25, 0.3) is 0 Å². The van der Waals surface area contributed by atoms with Gasteiger partial charge in [-0.15, -0.1) is 0 Å². The summed E-state index contributed by atoms with van der Waals surface area (Å²) >= 11 is 0. The zero-order valence-electron chi connectivity index (χ0n) is 12.4. The minimum absolute atomic E-state index is 0.267. The van der Waals surface area contributed by atoms with Crippen LogP contribution in [0.2, 0.25) is 0 Å². The van der Waals surface area contributed by atoms with Crippen LogP contribution in [0.15, 0.2) is 30.3 Å². The normalized spacial score (nSPS) is 16.3. The van der Waals surface area contributed by atoms with Crippen LogP contribution < -0.4 is 16.6 Å². The molecule has 21 heavy (non-hydrogen) atoms. The van der Waals surface area contributed by atoms with Gasteiger partial charge in [-0.1, -0.05) is 38.1 Å². The fourth-order valence-electron chi connectivity index (χ4n) is 2.66. The van der Waals surface area contributed by atoms with Gasteiger partial charge in [0, 0.05) is 24.4 Å². The fraction of sp³-hybridized carbons (Fsp3) is 0.375. The van der Waals surface area contributed by atoms with Crippen LogP contribution in [0.5, 0.6) is 0 Å². The van der Waals surface area contributed by atoms with Gasteiger partial charge in [0.15, 0.2) is 0 Å². The molecule has 0 saturated heterocycles. The molecule has 0 amide bonds. The van der Waals surface area contributed by atoms with Gasteiger partial charge in [0.05, 0.1) is 0 Å². The fourth-order valence-corrected chi connectivity index (χ4v) is 2.66. The van der Waals surface area contributed by atoms with Gasteiger partial charge in [0.2, 0.25) is 0 Å². The molecular formula is C16H21N5. The molecule has 5 nitrogen and oxygen atoms in total. The average molecular weight is 283 g/mol. The Morgan fingerprint density at radius 3 is 2.71 bits per heavy atom.